The third-order valence-electron chi connectivity index (χ3n) is 19.9. The van der Waals surface area contributed by atoms with Gasteiger partial charge in [-0.05, 0) is 53.2 Å². The fourth-order valence-corrected chi connectivity index (χ4v) is 13.2. The zero-order chi connectivity index (χ0) is 85.9. The van der Waals surface area contributed by atoms with Crippen molar-refractivity contribution in [2.75, 3.05) is 33.0 Å². The highest BCUT2D eigenvalue weighted by Gasteiger charge is 2.43. The summed E-state index contributed by atoms with van der Waals surface area (Å²) in [7, 11) is 0. The summed E-state index contributed by atoms with van der Waals surface area (Å²) in [6.07, 6.45) is -4.58. The molecule has 8 aromatic rings. The molecule has 6 aliphatic rings. The van der Waals surface area contributed by atoms with Crippen LogP contribution in [0.25, 0.3) is 10.9 Å². The fourth-order valence-electron chi connectivity index (χ4n) is 13.2. The highest BCUT2D eigenvalue weighted by atomic mass is 16.6. The number of aliphatic carboxylic acids is 1. The van der Waals surface area contributed by atoms with E-state index >= 15 is 0 Å². The number of H-pyrrole nitrogens is 7. The van der Waals surface area contributed by atoms with Crippen molar-refractivity contribution in [3.63, 3.8) is 0 Å². The number of fused-ring (bicyclic) bond motifs is 1. The van der Waals surface area contributed by atoms with Gasteiger partial charge in [0, 0.05) is 133 Å². The van der Waals surface area contributed by atoms with Gasteiger partial charge < -0.3 is 99.8 Å². The van der Waals surface area contributed by atoms with Gasteiger partial charge in [0.05, 0.1) is 69.7 Å². The van der Waals surface area contributed by atoms with Crippen LogP contribution in [0.4, 0.5) is 0 Å². The van der Waals surface area contributed by atoms with E-state index in [1.165, 1.54) is 66.9 Å². The molecule has 1 unspecified atom stereocenters. The van der Waals surface area contributed by atoms with Crippen molar-refractivity contribution in [2.24, 2.45) is 0 Å². The maximum Gasteiger partial charge on any atom is 0.330 e. The number of rotatable bonds is 17. The SMILES string of the molecule is Cc1cn([C@H]2C[C@H](O)[C@@H](C(O)N[C@@H](Cc3c[nH]c4ccccc34)C(=O)O)O2)c(=O)[nH]c1=O.Cc1cn([C@H]2C[C@H](O)[C@@H](CO)O2)c(=O)[nH]c1=O.Cc1cn([C@H]2C[C@H](O)[C@@H](CO)O2)c(=O)[nH]c1=O.Cc1cn([C@H]2C[C@H](O)[C@@H](CO)O2)c(=O)[nH]c1=O.Cc1cn([C@H]2C[C@H](O)[C@@H](CO)O2)c(=O)[nH]c1=O.Cc1cn([C@H]2C[C@H](O)[C@@H](CO)O2)c(=O)[nH]c1=O. The maximum atomic E-state index is 12.1. The number of nitrogens with one attached hydrogen (secondary N) is 8. The van der Waals surface area contributed by atoms with Gasteiger partial charge in [0.1, 0.15) is 86.3 Å². The summed E-state index contributed by atoms with van der Waals surface area (Å²) in [6, 6.07) is 6.30. The zero-order valence-electron chi connectivity index (χ0n) is 63.6. The molecule has 46 nitrogen and oxygen atoms in total. The molecule has 0 aliphatic carbocycles. The molecule has 13 heterocycles. The Labute approximate surface area is 655 Å². The third-order valence-corrected chi connectivity index (χ3v) is 19.9. The predicted molar refractivity (Wildman–Crippen MR) is 402 cm³/mol. The Balaban J connectivity index is 0.000000164. The minimum absolute atomic E-state index is 0.0189. The minimum atomic E-state index is -1.51. The number of aliphatic hydroxyl groups is 12. The number of carbonyl (C=O) groups is 1. The molecule has 6 aliphatic heterocycles. The molecule has 117 heavy (non-hydrogen) atoms. The van der Waals surface area contributed by atoms with Gasteiger partial charge in [-0.3, -0.25) is 96.2 Å². The van der Waals surface area contributed by atoms with Crippen molar-refractivity contribution < 1.29 is 99.6 Å². The van der Waals surface area contributed by atoms with Gasteiger partial charge in [-0.25, -0.2) is 28.8 Å². The second-order valence-corrected chi connectivity index (χ2v) is 28.4. The van der Waals surface area contributed by atoms with E-state index in [0.29, 0.717) is 27.8 Å². The third kappa shape index (κ3) is 21.9. The molecule has 0 bridgehead atoms. The molecule has 14 rings (SSSR count). The largest absolute Gasteiger partial charge is 0.480 e. The van der Waals surface area contributed by atoms with E-state index in [2.05, 4.69) is 40.2 Å². The van der Waals surface area contributed by atoms with Gasteiger partial charge in [0.2, 0.25) is 0 Å². The molecule has 21 N–H and O–H groups in total. The fraction of sp³-hybridized carbons (Fsp3) is 0.535. The number of hydrogen-bond donors (Lipinski definition) is 21. The van der Waals surface area contributed by atoms with Crippen molar-refractivity contribution in [2.45, 2.75) is 209 Å². The number of aliphatic hydroxyl groups excluding tert-OH is 12. The summed E-state index contributed by atoms with van der Waals surface area (Å²) in [4.78, 5) is 165. The van der Waals surface area contributed by atoms with Gasteiger partial charge in [0.25, 0.3) is 33.4 Å². The highest BCUT2D eigenvalue weighted by molar-refractivity contribution is 5.84. The van der Waals surface area contributed by atoms with Crippen molar-refractivity contribution in [1.82, 2.24) is 67.6 Å². The Morgan fingerprint density at radius 2 is 0.632 bits per heavy atom. The number of aromatic nitrogens is 13. The van der Waals surface area contributed by atoms with E-state index in [4.69, 9.17) is 54.0 Å². The first-order valence-electron chi connectivity index (χ1n) is 36.6. The van der Waals surface area contributed by atoms with Gasteiger partial charge in [0.15, 0.2) is 0 Å². The van der Waals surface area contributed by atoms with Crippen LogP contribution < -0.4 is 72.8 Å². The van der Waals surface area contributed by atoms with Crippen LogP contribution in [0.1, 0.15) is 115 Å². The lowest BCUT2D eigenvalue weighted by Crippen LogP contribution is -2.52. The number of aryl methyl sites for hydroxylation is 6. The van der Waals surface area contributed by atoms with Gasteiger partial charge >= 0.3 is 40.1 Å². The van der Waals surface area contributed by atoms with Crippen LogP contribution in [0, 0.1) is 41.5 Å². The van der Waals surface area contributed by atoms with Gasteiger partial charge in [-0.2, -0.15) is 0 Å². The molecule has 6 saturated heterocycles. The number of hydrogen-bond acceptors (Lipinski definition) is 32. The number of nitrogens with zero attached hydrogens (tertiary/aromatic N) is 6. The number of ether oxygens (including phenoxy) is 6. The van der Waals surface area contributed by atoms with E-state index in [-0.39, 0.29) is 83.5 Å². The molecule has 7 aromatic heterocycles. The van der Waals surface area contributed by atoms with Crippen molar-refractivity contribution >= 4 is 16.9 Å². The predicted octanol–water partition coefficient (Wildman–Crippen LogP) is -7.99. The summed E-state index contributed by atoms with van der Waals surface area (Å²) in [5, 5.41) is 127. The Morgan fingerprint density at radius 1 is 0.393 bits per heavy atom. The number of para-hydroxylation sites is 1. The topological polar surface area (TPSA) is 692 Å². The quantitative estimate of drug-likeness (QED) is 0.0377. The van der Waals surface area contributed by atoms with Crippen LogP contribution in [0.15, 0.2) is 125 Å². The second kappa shape index (κ2) is 39.7. The Bertz CT molecular complexity index is 4980. The van der Waals surface area contributed by atoms with Crippen LogP contribution in [0.5, 0.6) is 0 Å². The average molecular weight is 1660 g/mol. The number of aromatic amines is 7. The Kier molecular flexibility index (Phi) is 30.7. The number of carboxylic acid groups (broad SMARTS) is 1. The summed E-state index contributed by atoms with van der Waals surface area (Å²) in [5.74, 6) is -1.18. The van der Waals surface area contributed by atoms with Crippen LogP contribution in [0.3, 0.4) is 0 Å². The Morgan fingerprint density at radius 3 is 0.872 bits per heavy atom. The van der Waals surface area contributed by atoms with Gasteiger partial charge in [-0.1, -0.05) is 18.2 Å². The first-order chi connectivity index (χ1) is 55.4. The number of benzene rings is 1. The summed E-state index contributed by atoms with van der Waals surface area (Å²) in [5.41, 5.74) is -2.53. The average Bonchev–Trinajstić information content (AvgIpc) is 1.66. The highest BCUT2D eigenvalue weighted by Crippen LogP contribution is 2.33. The van der Waals surface area contributed by atoms with Crippen LogP contribution >= 0.6 is 0 Å². The molecule has 46 heteroatoms. The second-order valence-electron chi connectivity index (χ2n) is 28.4. The molecular weight excluding hydrogens is 1560 g/mol. The van der Waals surface area contributed by atoms with E-state index in [9.17, 15) is 103 Å². The molecule has 20 atom stereocenters. The van der Waals surface area contributed by atoms with Gasteiger partial charge in [-0.15, -0.1) is 0 Å². The van der Waals surface area contributed by atoms with Crippen molar-refractivity contribution in [3.8, 4) is 0 Å². The summed E-state index contributed by atoms with van der Waals surface area (Å²) in [6.45, 7) is 7.84. The van der Waals surface area contributed by atoms with Crippen molar-refractivity contribution in [1.29, 1.82) is 0 Å². The lowest BCUT2D eigenvalue weighted by atomic mass is 10.0. The lowest BCUT2D eigenvalue weighted by molar-refractivity contribution is -0.143. The van der Waals surface area contributed by atoms with E-state index in [0.717, 1.165) is 21.0 Å². The summed E-state index contributed by atoms with van der Waals surface area (Å²) < 4.78 is 39.5. The minimum Gasteiger partial charge on any atom is -0.480 e. The monoisotopic (exact) mass is 1650 g/mol. The van der Waals surface area contributed by atoms with Crippen LogP contribution in [0.2, 0.25) is 0 Å². The van der Waals surface area contributed by atoms with E-state index < -0.39 is 196 Å². The first-order valence-corrected chi connectivity index (χ1v) is 36.6. The maximum absolute atomic E-state index is 12.1. The Hall–Kier alpha value is -10.4. The van der Waals surface area contributed by atoms with Crippen molar-refractivity contribution in [3.05, 3.63) is 232 Å². The van der Waals surface area contributed by atoms with Crippen LogP contribution in [-0.2, 0) is 39.6 Å². The molecule has 0 saturated carbocycles. The van der Waals surface area contributed by atoms with E-state index in [1.807, 2.05) is 24.3 Å². The zero-order valence-corrected chi connectivity index (χ0v) is 63.6. The summed E-state index contributed by atoms with van der Waals surface area (Å²) >= 11 is 0. The molecular formula is C71H94N14O32. The lowest BCUT2D eigenvalue weighted by Gasteiger charge is -2.25. The molecule has 1 aromatic carbocycles. The number of carboxylic acids is 1. The molecule has 0 amide bonds. The molecule has 6 fully saturated rings. The van der Waals surface area contributed by atoms with E-state index in [1.54, 1.807) is 40.8 Å². The molecule has 0 radical (unpaired) electrons. The normalized spacial score (nSPS) is 27.0. The molecule has 0 spiro atoms. The van der Waals surface area contributed by atoms with Crippen LogP contribution in [-0.4, -0.2) is 253 Å². The molecule has 640 valence electrons. The standard InChI is InChI=1S/C21H24N4O7.5C10H14N2O5/c1-10-9-25(21(31)24-18(10)27)16-7-15(26)17(32-16)19(28)23-14(20(29)30)6-11-8-22-13-5-3-2-4-12(11)13;5*1-5-3-12(10(16)11-9(5)15)8-2-6(14)7(4-13)17-8/h2-5,8-9,14-17,19,22-23,26,28H,6-7H2,1H3,(H,29,30)(H,24,27,31);5*3,6-8,13-14H,2,4H2,1H3,(H,11,15,16)/t14-,15-,16+,17-,19?;5*6-,7+,8+/m000000/s1. The smallest absolute Gasteiger partial charge is 0.330 e. The first kappa shape index (κ1) is 90.5.